The maximum absolute atomic E-state index is 6.77. The van der Waals surface area contributed by atoms with Gasteiger partial charge in [-0.3, -0.25) is 0 Å². The Morgan fingerprint density at radius 1 is 0.444 bits per heavy atom. The van der Waals surface area contributed by atoms with Crippen molar-refractivity contribution in [3.05, 3.63) is 169 Å². The number of nitrogens with zero attached hydrogens (tertiary/aromatic N) is 2. The zero-order chi connectivity index (χ0) is 36.0. The Bertz CT molecular complexity index is 2980. The normalized spacial score (nSPS) is 13.4. The van der Waals surface area contributed by atoms with Crippen LogP contribution in [0.5, 0.6) is 23.0 Å². The maximum atomic E-state index is 6.77. The van der Waals surface area contributed by atoms with Gasteiger partial charge in [0.05, 0.1) is 11.4 Å². The molecule has 256 valence electrons. The van der Waals surface area contributed by atoms with Gasteiger partial charge in [-0.1, -0.05) is 129 Å². The fourth-order valence-corrected chi connectivity index (χ4v) is 8.26. The van der Waals surface area contributed by atoms with Crippen molar-refractivity contribution < 1.29 is 13.9 Å². The third-order valence-corrected chi connectivity index (χ3v) is 11.0. The van der Waals surface area contributed by atoms with E-state index < -0.39 is 0 Å². The highest BCUT2D eigenvalue weighted by atomic mass is 16.6. The van der Waals surface area contributed by atoms with Gasteiger partial charge in [0, 0.05) is 44.0 Å². The van der Waals surface area contributed by atoms with E-state index in [1.54, 1.807) is 0 Å². The Labute approximate surface area is 312 Å². The van der Waals surface area contributed by atoms with E-state index in [-0.39, 0.29) is 5.41 Å². The standard InChI is InChI=1S/C49H32N2O3/c1-49(2)37-19-8-6-17-36(37)45-38(49)24-25-43-47(45)54-42-21-11-18-33(46(42)53-43)30-14-10-15-31(26-30)39-28-40(51-48(50-39)29-12-4-3-5-13-29)32-22-23-35-34-16-7-9-20-41(34)52-44(35)27-32/h3-28H,1-2H3. The van der Waals surface area contributed by atoms with Crippen molar-refractivity contribution in [3.63, 3.8) is 0 Å². The van der Waals surface area contributed by atoms with E-state index in [2.05, 4.69) is 105 Å². The van der Waals surface area contributed by atoms with E-state index in [4.69, 9.17) is 23.9 Å². The SMILES string of the molecule is CC1(C)c2ccccc2-c2c1ccc1c2Oc2cccc(-c3cccc(-c4cc(-c5ccc6c(c5)oc5ccccc56)nc(-c5ccccc5)n4)c3)c2O1. The van der Waals surface area contributed by atoms with E-state index in [1.165, 1.54) is 16.7 Å². The van der Waals surface area contributed by atoms with E-state index in [0.29, 0.717) is 23.1 Å². The molecule has 5 nitrogen and oxygen atoms in total. The predicted octanol–water partition coefficient (Wildman–Crippen LogP) is 13.2. The topological polar surface area (TPSA) is 57.4 Å². The molecular formula is C49H32N2O3. The summed E-state index contributed by atoms with van der Waals surface area (Å²) in [6.07, 6.45) is 0. The fourth-order valence-electron chi connectivity index (χ4n) is 8.26. The van der Waals surface area contributed by atoms with Crippen LogP contribution in [0.4, 0.5) is 0 Å². The van der Waals surface area contributed by atoms with Gasteiger partial charge in [0.15, 0.2) is 28.8 Å². The molecule has 0 amide bonds. The highest BCUT2D eigenvalue weighted by Gasteiger charge is 2.39. The maximum Gasteiger partial charge on any atom is 0.178 e. The molecule has 0 saturated heterocycles. The van der Waals surface area contributed by atoms with Crippen LogP contribution in [0.1, 0.15) is 25.0 Å². The molecular weight excluding hydrogens is 665 g/mol. The first-order valence-corrected chi connectivity index (χ1v) is 18.2. The van der Waals surface area contributed by atoms with E-state index in [0.717, 1.165) is 72.5 Å². The molecule has 0 fully saturated rings. The molecule has 0 bridgehead atoms. The lowest BCUT2D eigenvalue weighted by Gasteiger charge is -2.26. The van der Waals surface area contributed by atoms with Crippen molar-refractivity contribution in [3.8, 4) is 79.2 Å². The number of hydrogen-bond acceptors (Lipinski definition) is 5. The summed E-state index contributed by atoms with van der Waals surface area (Å²) in [6, 6.07) is 54.0. The predicted molar refractivity (Wildman–Crippen MR) is 215 cm³/mol. The second-order valence-corrected chi connectivity index (χ2v) is 14.5. The van der Waals surface area contributed by atoms with Crippen molar-refractivity contribution in [2.75, 3.05) is 0 Å². The first kappa shape index (κ1) is 30.6. The molecule has 0 atom stereocenters. The Balaban J connectivity index is 1.01. The minimum atomic E-state index is -0.131. The highest BCUT2D eigenvalue weighted by Crippen LogP contribution is 2.59. The molecule has 2 aliphatic rings. The Morgan fingerprint density at radius 2 is 1.11 bits per heavy atom. The van der Waals surface area contributed by atoms with Gasteiger partial charge in [-0.2, -0.15) is 0 Å². The molecule has 1 aliphatic heterocycles. The molecule has 2 aromatic heterocycles. The van der Waals surface area contributed by atoms with Crippen LogP contribution in [0.2, 0.25) is 0 Å². The van der Waals surface area contributed by atoms with Crippen molar-refractivity contribution in [1.29, 1.82) is 0 Å². The monoisotopic (exact) mass is 696 g/mol. The molecule has 3 heterocycles. The summed E-state index contributed by atoms with van der Waals surface area (Å²) in [6.45, 7) is 4.55. The lowest BCUT2D eigenvalue weighted by atomic mass is 9.82. The molecule has 54 heavy (non-hydrogen) atoms. The summed E-state index contributed by atoms with van der Waals surface area (Å²) in [5.41, 5.74) is 12.8. The zero-order valence-corrected chi connectivity index (χ0v) is 29.6. The first-order chi connectivity index (χ1) is 26.5. The van der Waals surface area contributed by atoms with Gasteiger partial charge >= 0.3 is 0 Å². The lowest BCUT2D eigenvalue weighted by Crippen LogP contribution is -2.15. The van der Waals surface area contributed by atoms with Gasteiger partial charge in [-0.25, -0.2) is 9.97 Å². The fraction of sp³-hybridized carbons (Fsp3) is 0.0612. The van der Waals surface area contributed by atoms with Crippen molar-refractivity contribution in [1.82, 2.24) is 9.97 Å². The Hall–Kier alpha value is -6.98. The van der Waals surface area contributed by atoms with E-state index in [9.17, 15) is 0 Å². The number of hydrogen-bond donors (Lipinski definition) is 0. The summed E-state index contributed by atoms with van der Waals surface area (Å²) < 4.78 is 19.8. The number of furan rings is 1. The van der Waals surface area contributed by atoms with Crippen LogP contribution in [0, 0.1) is 0 Å². The Kier molecular flexibility index (Phi) is 6.53. The van der Waals surface area contributed by atoms with Crippen molar-refractivity contribution >= 4 is 21.9 Å². The average Bonchev–Trinajstić information content (AvgIpc) is 3.71. The number of aromatic nitrogens is 2. The average molecular weight is 697 g/mol. The number of rotatable bonds is 4. The molecule has 1 aliphatic carbocycles. The largest absolute Gasteiger partial charge is 0.456 e. The zero-order valence-electron chi connectivity index (χ0n) is 29.6. The minimum Gasteiger partial charge on any atom is -0.456 e. The number of para-hydroxylation sites is 2. The van der Waals surface area contributed by atoms with Crippen LogP contribution < -0.4 is 9.47 Å². The van der Waals surface area contributed by atoms with Crippen LogP contribution in [0.3, 0.4) is 0 Å². The lowest BCUT2D eigenvalue weighted by molar-refractivity contribution is 0.361. The van der Waals surface area contributed by atoms with Crippen LogP contribution >= 0.6 is 0 Å². The molecule has 5 heteroatoms. The summed E-state index contributed by atoms with van der Waals surface area (Å²) in [5.74, 6) is 3.53. The summed E-state index contributed by atoms with van der Waals surface area (Å²) in [4.78, 5) is 10.2. The molecule has 0 radical (unpaired) electrons. The van der Waals surface area contributed by atoms with Gasteiger partial charge < -0.3 is 13.9 Å². The quantitative estimate of drug-likeness (QED) is 0.183. The number of fused-ring (bicyclic) bond motifs is 9. The Morgan fingerprint density at radius 3 is 2.00 bits per heavy atom. The first-order valence-electron chi connectivity index (χ1n) is 18.2. The molecule has 0 N–H and O–H groups in total. The van der Waals surface area contributed by atoms with Crippen LogP contribution in [0.15, 0.2) is 162 Å². The van der Waals surface area contributed by atoms with E-state index >= 15 is 0 Å². The van der Waals surface area contributed by atoms with Gasteiger partial charge in [-0.15, -0.1) is 0 Å². The number of ether oxygens (including phenoxy) is 2. The van der Waals surface area contributed by atoms with Crippen molar-refractivity contribution in [2.45, 2.75) is 19.3 Å². The molecule has 11 rings (SSSR count). The van der Waals surface area contributed by atoms with Gasteiger partial charge in [0.1, 0.15) is 11.2 Å². The summed E-state index contributed by atoms with van der Waals surface area (Å²) >= 11 is 0. The number of benzene rings is 7. The molecule has 0 spiro atoms. The molecule has 9 aromatic rings. The second kappa shape index (κ2) is 11.5. The van der Waals surface area contributed by atoms with Crippen molar-refractivity contribution in [2.24, 2.45) is 0 Å². The molecule has 0 saturated carbocycles. The van der Waals surface area contributed by atoms with Crippen LogP contribution in [-0.2, 0) is 5.41 Å². The summed E-state index contributed by atoms with van der Waals surface area (Å²) in [5, 5.41) is 2.18. The van der Waals surface area contributed by atoms with Crippen LogP contribution in [-0.4, -0.2) is 9.97 Å². The summed E-state index contributed by atoms with van der Waals surface area (Å²) in [7, 11) is 0. The molecule has 0 unspecified atom stereocenters. The van der Waals surface area contributed by atoms with Gasteiger partial charge in [-0.05, 0) is 64.7 Å². The van der Waals surface area contributed by atoms with Crippen LogP contribution in [0.25, 0.3) is 78.1 Å². The van der Waals surface area contributed by atoms with Gasteiger partial charge in [0.25, 0.3) is 0 Å². The third-order valence-electron chi connectivity index (χ3n) is 11.0. The minimum absolute atomic E-state index is 0.131. The highest BCUT2D eigenvalue weighted by molar-refractivity contribution is 6.05. The van der Waals surface area contributed by atoms with Gasteiger partial charge in [0.2, 0.25) is 0 Å². The molecule has 7 aromatic carbocycles. The smallest absolute Gasteiger partial charge is 0.178 e. The third kappa shape index (κ3) is 4.65. The second-order valence-electron chi connectivity index (χ2n) is 14.5. The van der Waals surface area contributed by atoms with E-state index in [1.807, 2.05) is 66.7 Å².